The molecular weight excluding hydrogens is 322 g/mol. The smallest absolute Gasteiger partial charge is 0.250 e. The molecule has 3 aromatic rings. The van der Waals surface area contributed by atoms with Crippen molar-refractivity contribution in [1.82, 2.24) is 0 Å². The zero-order chi connectivity index (χ0) is 16.7. The van der Waals surface area contributed by atoms with Gasteiger partial charge in [0.1, 0.15) is 0 Å². The molecule has 120 valence electrons. The van der Waals surface area contributed by atoms with Crippen LogP contribution < -0.4 is 16.2 Å². The molecule has 1 unspecified atom stereocenters. The van der Waals surface area contributed by atoms with Crippen molar-refractivity contribution in [2.75, 3.05) is 5.32 Å². The molecule has 0 spiro atoms. The summed E-state index contributed by atoms with van der Waals surface area (Å²) in [6, 6.07) is 15.4. The number of hydrogen-bond donors (Lipinski definition) is 1. The first-order valence-electron chi connectivity index (χ1n) is 8.09. The van der Waals surface area contributed by atoms with Crippen molar-refractivity contribution in [1.29, 1.82) is 0 Å². The van der Waals surface area contributed by atoms with Crippen LogP contribution in [0, 0.1) is 0 Å². The maximum atomic E-state index is 12.1. The molecule has 0 amide bonds. The summed E-state index contributed by atoms with van der Waals surface area (Å²) in [5, 5.41) is 3.94. The van der Waals surface area contributed by atoms with Gasteiger partial charge in [-0.25, -0.2) is 0 Å². The van der Waals surface area contributed by atoms with Crippen LogP contribution in [0.25, 0.3) is 11.1 Å². The van der Waals surface area contributed by atoms with E-state index in [0.29, 0.717) is 16.3 Å². The molecule has 4 rings (SSSR count). The molecule has 0 aliphatic heterocycles. The molecule has 4 heteroatoms. The second-order valence-corrected chi connectivity index (χ2v) is 6.64. The van der Waals surface area contributed by atoms with Crippen molar-refractivity contribution in [2.24, 2.45) is 0 Å². The van der Waals surface area contributed by atoms with Crippen molar-refractivity contribution in [2.45, 2.75) is 25.3 Å². The van der Waals surface area contributed by atoms with E-state index in [1.807, 2.05) is 12.1 Å². The topological polar surface area (TPSA) is 46.2 Å². The summed E-state index contributed by atoms with van der Waals surface area (Å²) in [5.41, 5.74) is 3.32. The number of rotatable bonds is 3. The Bertz CT molecular complexity index is 968. The molecule has 0 fully saturated rings. The lowest BCUT2D eigenvalue weighted by Crippen LogP contribution is -2.37. The van der Waals surface area contributed by atoms with Crippen molar-refractivity contribution >= 4 is 17.3 Å². The van der Waals surface area contributed by atoms with Crippen molar-refractivity contribution < 1.29 is 0 Å². The van der Waals surface area contributed by atoms with Crippen LogP contribution in [0.4, 0.5) is 5.69 Å². The number of fused-ring (bicyclic) bond motifs is 1. The molecule has 1 aliphatic rings. The highest BCUT2D eigenvalue weighted by Gasteiger charge is 2.27. The van der Waals surface area contributed by atoms with Gasteiger partial charge in [0.25, 0.3) is 0 Å². The highest BCUT2D eigenvalue weighted by Crippen LogP contribution is 2.34. The van der Waals surface area contributed by atoms with E-state index in [4.69, 9.17) is 11.6 Å². The second kappa shape index (κ2) is 5.91. The lowest BCUT2D eigenvalue weighted by Gasteiger charge is -2.28. The Morgan fingerprint density at radius 2 is 1.71 bits per heavy atom. The number of aryl methyl sites for hydroxylation is 1. The molecule has 0 aromatic heterocycles. The predicted octanol–water partition coefficient (Wildman–Crippen LogP) is 4.09. The summed E-state index contributed by atoms with van der Waals surface area (Å²) in [5.74, 6) is 0. The third-order valence-corrected chi connectivity index (χ3v) is 4.98. The highest BCUT2D eigenvalue weighted by atomic mass is 35.5. The highest BCUT2D eigenvalue weighted by molar-refractivity contribution is 6.30. The van der Waals surface area contributed by atoms with E-state index in [9.17, 15) is 9.59 Å². The van der Waals surface area contributed by atoms with E-state index in [0.717, 1.165) is 24.8 Å². The minimum atomic E-state index is -0.428. The molecule has 1 N–H and O–H groups in total. The Hall–Kier alpha value is -2.39. The molecule has 0 saturated carbocycles. The maximum absolute atomic E-state index is 12.1. The van der Waals surface area contributed by atoms with Crippen LogP contribution in [0.2, 0.25) is 5.02 Å². The minimum absolute atomic E-state index is 0.0734. The van der Waals surface area contributed by atoms with Gasteiger partial charge in [0.2, 0.25) is 10.9 Å². The number of anilines is 1. The van der Waals surface area contributed by atoms with Gasteiger partial charge in [-0.05, 0) is 48.1 Å². The van der Waals surface area contributed by atoms with E-state index < -0.39 is 10.9 Å². The number of nitrogens with one attached hydrogen (secondary N) is 1. The quantitative estimate of drug-likeness (QED) is 0.732. The van der Waals surface area contributed by atoms with Crippen LogP contribution in [0.15, 0.2) is 58.1 Å². The molecular formula is C20H16ClNO2. The van der Waals surface area contributed by atoms with E-state index in [2.05, 4.69) is 17.4 Å². The van der Waals surface area contributed by atoms with Crippen LogP contribution in [-0.4, -0.2) is 0 Å². The Balaban J connectivity index is 1.70. The minimum Gasteiger partial charge on any atom is -0.374 e. The van der Waals surface area contributed by atoms with E-state index >= 15 is 0 Å². The first kappa shape index (κ1) is 15.2. The van der Waals surface area contributed by atoms with E-state index in [-0.39, 0.29) is 6.04 Å². The third-order valence-electron chi connectivity index (χ3n) is 4.73. The number of benzene rings is 2. The summed E-state index contributed by atoms with van der Waals surface area (Å²) in [6.45, 7) is 0. The summed E-state index contributed by atoms with van der Waals surface area (Å²) in [6.07, 6.45) is 3.08. The molecule has 0 bridgehead atoms. The Labute approximate surface area is 144 Å². The monoisotopic (exact) mass is 337 g/mol. The third kappa shape index (κ3) is 2.45. The Morgan fingerprint density at radius 3 is 2.50 bits per heavy atom. The maximum Gasteiger partial charge on any atom is 0.250 e. The van der Waals surface area contributed by atoms with Crippen LogP contribution in [-0.2, 0) is 6.42 Å². The standard InChI is InChI=1S/C20H16ClNO2/c21-14-10-8-13(9-11-14)17-18(20(24)19(17)23)22-16-7-3-5-12-4-1-2-6-15(12)16/h1-2,4,6,8-11,16,22H,3,5,7H2. The second-order valence-electron chi connectivity index (χ2n) is 6.20. The summed E-state index contributed by atoms with van der Waals surface area (Å²) in [4.78, 5) is 24.2. The summed E-state index contributed by atoms with van der Waals surface area (Å²) in [7, 11) is 0. The van der Waals surface area contributed by atoms with Gasteiger partial charge in [-0.3, -0.25) is 9.59 Å². The summed E-state index contributed by atoms with van der Waals surface area (Å²) < 4.78 is 0. The molecule has 24 heavy (non-hydrogen) atoms. The summed E-state index contributed by atoms with van der Waals surface area (Å²) >= 11 is 5.91. The average Bonchev–Trinajstić information content (AvgIpc) is 2.62. The van der Waals surface area contributed by atoms with Gasteiger partial charge in [0.05, 0.1) is 17.3 Å². The molecule has 3 nitrogen and oxygen atoms in total. The van der Waals surface area contributed by atoms with Gasteiger partial charge in [-0.1, -0.05) is 48.0 Å². The van der Waals surface area contributed by atoms with Gasteiger partial charge < -0.3 is 5.32 Å². The van der Waals surface area contributed by atoms with Gasteiger partial charge in [0.15, 0.2) is 0 Å². The molecule has 0 radical (unpaired) electrons. The zero-order valence-electron chi connectivity index (χ0n) is 13.0. The van der Waals surface area contributed by atoms with Gasteiger partial charge >= 0.3 is 0 Å². The number of halogens is 1. The molecule has 0 heterocycles. The van der Waals surface area contributed by atoms with Crippen LogP contribution in [0.1, 0.15) is 30.0 Å². The number of hydrogen-bond acceptors (Lipinski definition) is 3. The normalized spacial score (nSPS) is 16.8. The van der Waals surface area contributed by atoms with Gasteiger partial charge in [-0.15, -0.1) is 0 Å². The Morgan fingerprint density at radius 1 is 0.958 bits per heavy atom. The molecule has 1 atom stereocenters. The van der Waals surface area contributed by atoms with Gasteiger partial charge in [0, 0.05) is 5.02 Å². The molecule has 1 aliphatic carbocycles. The molecule has 0 saturated heterocycles. The van der Waals surface area contributed by atoms with Crippen molar-refractivity contribution in [3.63, 3.8) is 0 Å². The van der Waals surface area contributed by atoms with Gasteiger partial charge in [-0.2, -0.15) is 0 Å². The first-order valence-corrected chi connectivity index (χ1v) is 8.46. The fourth-order valence-electron chi connectivity index (χ4n) is 3.50. The van der Waals surface area contributed by atoms with E-state index in [1.54, 1.807) is 24.3 Å². The fourth-order valence-corrected chi connectivity index (χ4v) is 3.63. The lowest BCUT2D eigenvalue weighted by atomic mass is 9.87. The first-order chi connectivity index (χ1) is 11.6. The van der Waals surface area contributed by atoms with E-state index in [1.165, 1.54) is 11.1 Å². The predicted molar refractivity (Wildman–Crippen MR) is 97.5 cm³/mol. The van der Waals surface area contributed by atoms with Crippen molar-refractivity contribution in [3.8, 4) is 11.1 Å². The fraction of sp³-hybridized carbons (Fsp3) is 0.200. The van der Waals surface area contributed by atoms with Crippen LogP contribution in [0.3, 0.4) is 0 Å². The Kier molecular flexibility index (Phi) is 3.73. The zero-order valence-corrected chi connectivity index (χ0v) is 13.8. The van der Waals surface area contributed by atoms with Crippen LogP contribution in [0.5, 0.6) is 0 Å². The average molecular weight is 338 g/mol. The largest absolute Gasteiger partial charge is 0.374 e. The lowest BCUT2D eigenvalue weighted by molar-refractivity contribution is 0.599. The van der Waals surface area contributed by atoms with Crippen molar-refractivity contribution in [3.05, 3.63) is 85.1 Å². The SMILES string of the molecule is O=c1c(NC2CCCc3ccccc32)c(-c2ccc(Cl)cc2)c1=O. The van der Waals surface area contributed by atoms with Crippen LogP contribution >= 0.6 is 11.6 Å². The molecule has 3 aromatic carbocycles.